The summed E-state index contributed by atoms with van der Waals surface area (Å²) in [5.41, 5.74) is 3.32. The Hall–Kier alpha value is -1.68. The monoisotopic (exact) mass is 317 g/mol. The van der Waals surface area contributed by atoms with E-state index in [4.69, 9.17) is 4.74 Å². The van der Waals surface area contributed by atoms with Gasteiger partial charge < -0.3 is 9.64 Å². The molecule has 0 N–H and O–H groups in total. The minimum absolute atomic E-state index is 0.183. The molecule has 2 atom stereocenters. The van der Waals surface area contributed by atoms with Gasteiger partial charge in [0.15, 0.2) is 5.78 Å². The van der Waals surface area contributed by atoms with Crippen molar-refractivity contribution in [1.82, 2.24) is 4.90 Å². The van der Waals surface area contributed by atoms with Crippen LogP contribution in [0.25, 0.3) is 0 Å². The maximum Gasteiger partial charge on any atom is 0.157 e. The number of nitrogens with zero attached hydrogens (tertiary/aromatic N) is 1. The first-order valence-corrected chi connectivity index (χ1v) is 8.31. The molecule has 3 rings (SSSR count). The first-order chi connectivity index (χ1) is 11.0. The van der Waals surface area contributed by atoms with Crippen LogP contribution in [0.3, 0.4) is 0 Å². The van der Waals surface area contributed by atoms with E-state index in [1.54, 1.807) is 12.1 Å². The Morgan fingerprint density at radius 2 is 2.13 bits per heavy atom. The minimum Gasteiger partial charge on any atom is -0.380 e. The highest BCUT2D eigenvalue weighted by Crippen LogP contribution is 2.32. The van der Waals surface area contributed by atoms with E-state index in [1.807, 2.05) is 13.0 Å². The van der Waals surface area contributed by atoms with Crippen molar-refractivity contribution in [2.24, 2.45) is 5.92 Å². The van der Waals surface area contributed by atoms with Crippen molar-refractivity contribution in [2.45, 2.75) is 32.1 Å². The minimum atomic E-state index is -0.183. The molecular formula is C19H24FNO2. The SMILES string of the molecule is Cc1cc(F)ccc1C1COCC(CN(C)C2=CC(=O)CC2)C1. The van der Waals surface area contributed by atoms with Crippen LogP contribution >= 0.6 is 0 Å². The zero-order valence-electron chi connectivity index (χ0n) is 13.8. The third-order valence-electron chi connectivity index (χ3n) is 4.94. The second kappa shape index (κ2) is 6.83. The summed E-state index contributed by atoms with van der Waals surface area (Å²) in [6.07, 6.45) is 4.30. The van der Waals surface area contributed by atoms with Gasteiger partial charge in [0.25, 0.3) is 0 Å². The van der Waals surface area contributed by atoms with E-state index in [-0.39, 0.29) is 11.6 Å². The number of ether oxygens (including phenoxy) is 1. The highest BCUT2D eigenvalue weighted by atomic mass is 19.1. The number of carbonyl (C=O) groups excluding carboxylic acids is 1. The summed E-state index contributed by atoms with van der Waals surface area (Å²) in [5.74, 6) is 0.797. The second-order valence-electron chi connectivity index (χ2n) is 6.82. The molecule has 23 heavy (non-hydrogen) atoms. The van der Waals surface area contributed by atoms with Gasteiger partial charge in [-0.15, -0.1) is 0 Å². The fraction of sp³-hybridized carbons (Fsp3) is 0.526. The molecule has 4 heteroatoms. The fourth-order valence-electron chi connectivity index (χ4n) is 3.74. The molecule has 1 saturated heterocycles. The van der Waals surface area contributed by atoms with Crippen molar-refractivity contribution >= 4 is 5.78 Å². The summed E-state index contributed by atoms with van der Waals surface area (Å²) in [7, 11) is 2.05. The lowest BCUT2D eigenvalue weighted by Gasteiger charge is -2.33. The van der Waals surface area contributed by atoms with Gasteiger partial charge in [-0.2, -0.15) is 0 Å². The first-order valence-electron chi connectivity index (χ1n) is 8.31. The van der Waals surface area contributed by atoms with Crippen LogP contribution in [0, 0.1) is 18.7 Å². The smallest absolute Gasteiger partial charge is 0.157 e. The molecule has 3 nitrogen and oxygen atoms in total. The molecule has 1 heterocycles. The van der Waals surface area contributed by atoms with E-state index in [1.165, 1.54) is 11.6 Å². The molecule has 2 aliphatic rings. The summed E-state index contributed by atoms with van der Waals surface area (Å²) in [6.45, 7) is 4.31. The topological polar surface area (TPSA) is 29.5 Å². The molecule has 1 aliphatic carbocycles. The second-order valence-corrected chi connectivity index (χ2v) is 6.82. The Labute approximate surface area is 137 Å². The Morgan fingerprint density at radius 1 is 1.30 bits per heavy atom. The predicted octanol–water partition coefficient (Wildman–Crippen LogP) is 3.43. The van der Waals surface area contributed by atoms with Gasteiger partial charge in [-0.25, -0.2) is 4.39 Å². The predicted molar refractivity (Wildman–Crippen MR) is 87.8 cm³/mol. The van der Waals surface area contributed by atoms with Crippen LogP contribution in [0.15, 0.2) is 30.0 Å². The molecule has 2 unspecified atom stereocenters. The van der Waals surface area contributed by atoms with E-state index in [9.17, 15) is 9.18 Å². The number of carbonyl (C=O) groups is 1. The molecule has 0 saturated carbocycles. The molecule has 1 aromatic rings. The van der Waals surface area contributed by atoms with E-state index < -0.39 is 0 Å². The highest BCUT2D eigenvalue weighted by molar-refractivity contribution is 5.92. The van der Waals surface area contributed by atoms with Crippen molar-refractivity contribution in [3.05, 3.63) is 46.9 Å². The van der Waals surface area contributed by atoms with Crippen LogP contribution < -0.4 is 0 Å². The van der Waals surface area contributed by atoms with Gasteiger partial charge in [0, 0.05) is 43.6 Å². The molecule has 0 amide bonds. The summed E-state index contributed by atoms with van der Waals surface area (Å²) < 4.78 is 19.1. The van der Waals surface area contributed by atoms with Crippen molar-refractivity contribution < 1.29 is 13.9 Å². The van der Waals surface area contributed by atoms with E-state index in [0.717, 1.165) is 37.3 Å². The van der Waals surface area contributed by atoms with E-state index in [0.29, 0.717) is 24.9 Å². The van der Waals surface area contributed by atoms with Crippen molar-refractivity contribution in [2.75, 3.05) is 26.8 Å². The Kier molecular flexibility index (Phi) is 4.81. The third kappa shape index (κ3) is 3.81. The molecule has 1 aliphatic heterocycles. The number of hydrogen-bond donors (Lipinski definition) is 0. The van der Waals surface area contributed by atoms with Crippen molar-refractivity contribution in [3.8, 4) is 0 Å². The summed E-state index contributed by atoms with van der Waals surface area (Å²) >= 11 is 0. The fourth-order valence-corrected chi connectivity index (χ4v) is 3.74. The summed E-state index contributed by atoms with van der Waals surface area (Å²) in [4.78, 5) is 13.6. The molecule has 0 aromatic heterocycles. The number of aryl methyl sites for hydroxylation is 1. The van der Waals surface area contributed by atoms with Crippen molar-refractivity contribution in [1.29, 1.82) is 0 Å². The Morgan fingerprint density at radius 3 is 2.83 bits per heavy atom. The zero-order chi connectivity index (χ0) is 16.4. The van der Waals surface area contributed by atoms with Gasteiger partial charge in [-0.3, -0.25) is 4.79 Å². The Bertz CT molecular complexity index is 626. The lowest BCUT2D eigenvalue weighted by atomic mass is 9.85. The number of allylic oxidation sites excluding steroid dienone is 2. The highest BCUT2D eigenvalue weighted by Gasteiger charge is 2.27. The molecule has 124 valence electrons. The number of halogens is 1. The largest absolute Gasteiger partial charge is 0.380 e. The van der Waals surface area contributed by atoms with Gasteiger partial charge >= 0.3 is 0 Å². The van der Waals surface area contributed by atoms with Crippen LogP contribution in [-0.4, -0.2) is 37.5 Å². The lowest BCUT2D eigenvalue weighted by Crippen LogP contribution is -2.33. The molecule has 0 radical (unpaired) electrons. The first kappa shape index (κ1) is 16.2. The van der Waals surface area contributed by atoms with Gasteiger partial charge in [-0.1, -0.05) is 6.07 Å². The van der Waals surface area contributed by atoms with Crippen LogP contribution in [0.1, 0.15) is 36.3 Å². The van der Waals surface area contributed by atoms with Crippen LogP contribution in [0.5, 0.6) is 0 Å². The van der Waals surface area contributed by atoms with Crippen LogP contribution in [0.4, 0.5) is 4.39 Å². The maximum absolute atomic E-state index is 13.3. The van der Waals surface area contributed by atoms with Gasteiger partial charge in [-0.05, 0) is 43.0 Å². The normalized spacial score (nSPS) is 24.7. The molecule has 1 aromatic carbocycles. The lowest BCUT2D eigenvalue weighted by molar-refractivity contribution is -0.114. The van der Waals surface area contributed by atoms with Crippen LogP contribution in [0.2, 0.25) is 0 Å². The average molecular weight is 317 g/mol. The molecule has 0 spiro atoms. The number of benzene rings is 1. The molecular weight excluding hydrogens is 293 g/mol. The molecule has 0 bridgehead atoms. The molecule has 1 fully saturated rings. The standard InChI is InChI=1S/C19H24FNO2/c1-13-7-16(20)3-6-19(13)15-8-14(11-23-12-15)10-21(2)17-4-5-18(22)9-17/h3,6-7,9,14-15H,4-5,8,10-12H2,1-2H3. The average Bonchev–Trinajstić information content (AvgIpc) is 2.94. The van der Waals surface area contributed by atoms with E-state index in [2.05, 4.69) is 11.9 Å². The third-order valence-corrected chi connectivity index (χ3v) is 4.94. The van der Waals surface area contributed by atoms with Crippen molar-refractivity contribution in [3.63, 3.8) is 0 Å². The zero-order valence-corrected chi connectivity index (χ0v) is 13.8. The number of ketones is 1. The quantitative estimate of drug-likeness (QED) is 0.852. The van der Waals surface area contributed by atoms with Gasteiger partial charge in [0.2, 0.25) is 0 Å². The Balaban J connectivity index is 1.64. The maximum atomic E-state index is 13.3. The van der Waals surface area contributed by atoms with Gasteiger partial charge in [0.05, 0.1) is 13.2 Å². The summed E-state index contributed by atoms with van der Waals surface area (Å²) in [5, 5.41) is 0. The summed E-state index contributed by atoms with van der Waals surface area (Å²) in [6, 6.07) is 5.02. The number of hydrogen-bond acceptors (Lipinski definition) is 3. The van der Waals surface area contributed by atoms with Gasteiger partial charge in [0.1, 0.15) is 5.82 Å². The van der Waals surface area contributed by atoms with E-state index >= 15 is 0 Å². The van der Waals surface area contributed by atoms with Crippen LogP contribution in [-0.2, 0) is 9.53 Å². The number of rotatable bonds is 4.